The summed E-state index contributed by atoms with van der Waals surface area (Å²) in [5, 5.41) is 5.65. The van der Waals surface area contributed by atoms with Crippen LogP contribution in [-0.4, -0.2) is 43.7 Å². The van der Waals surface area contributed by atoms with Crippen LogP contribution in [0.25, 0.3) is 0 Å². The summed E-state index contributed by atoms with van der Waals surface area (Å²) < 4.78 is 27.8. The Balaban J connectivity index is 1.53. The average Bonchev–Trinajstić information content (AvgIpc) is 2.79. The number of nitrogens with one attached hydrogen (secondary N) is 2. The molecule has 0 aliphatic carbocycles. The maximum Gasteiger partial charge on any atom is 0.309 e. The minimum atomic E-state index is -3.61. The van der Waals surface area contributed by atoms with Gasteiger partial charge in [0, 0.05) is 30.7 Å². The van der Waals surface area contributed by atoms with Crippen molar-refractivity contribution < 1.29 is 18.0 Å². The lowest BCUT2D eigenvalue weighted by atomic mass is 10.0. The average molecular weight is 478 g/mol. The molecule has 0 saturated carbocycles. The fourth-order valence-electron chi connectivity index (χ4n) is 3.75. The molecular formula is C23H28ClN3O4S. The molecule has 32 heavy (non-hydrogen) atoms. The van der Waals surface area contributed by atoms with E-state index in [2.05, 4.69) is 10.6 Å². The van der Waals surface area contributed by atoms with Crippen molar-refractivity contribution in [2.24, 2.45) is 0 Å². The van der Waals surface area contributed by atoms with E-state index in [1.165, 1.54) is 4.31 Å². The SMILES string of the molecule is Cc1ccc(S(=O)(=O)N2CCCCC2CCNC(=O)C(=O)NCc2ccccc2Cl)cc1. The van der Waals surface area contributed by atoms with Gasteiger partial charge in [0.1, 0.15) is 0 Å². The molecule has 1 atom stereocenters. The highest BCUT2D eigenvalue weighted by Gasteiger charge is 2.33. The van der Waals surface area contributed by atoms with Crippen molar-refractivity contribution in [2.75, 3.05) is 13.1 Å². The number of nitrogens with zero attached hydrogens (tertiary/aromatic N) is 1. The van der Waals surface area contributed by atoms with Crippen LogP contribution in [-0.2, 0) is 26.2 Å². The molecule has 2 aromatic carbocycles. The van der Waals surface area contributed by atoms with Crippen LogP contribution in [0.4, 0.5) is 0 Å². The Labute approximate surface area is 194 Å². The van der Waals surface area contributed by atoms with Crippen molar-refractivity contribution in [1.29, 1.82) is 0 Å². The summed E-state index contributed by atoms with van der Waals surface area (Å²) in [6, 6.07) is 13.7. The Kier molecular flexibility index (Phi) is 8.28. The molecule has 1 unspecified atom stereocenters. The highest BCUT2D eigenvalue weighted by molar-refractivity contribution is 7.89. The van der Waals surface area contributed by atoms with Crippen LogP contribution in [0.15, 0.2) is 53.4 Å². The summed E-state index contributed by atoms with van der Waals surface area (Å²) in [7, 11) is -3.61. The molecule has 3 rings (SSSR count). The zero-order valence-electron chi connectivity index (χ0n) is 18.0. The standard InChI is InChI=1S/C23H28ClN3O4S/c1-17-9-11-20(12-10-17)32(30,31)27-15-5-4-7-19(27)13-14-25-22(28)23(29)26-16-18-6-2-3-8-21(18)24/h2-3,6,8-12,19H,4-5,7,13-16H2,1H3,(H,25,28)(H,26,29). The monoisotopic (exact) mass is 477 g/mol. The molecule has 2 aromatic rings. The van der Waals surface area contributed by atoms with Gasteiger partial charge < -0.3 is 10.6 Å². The molecule has 9 heteroatoms. The normalized spacial score (nSPS) is 17.0. The number of aryl methyl sites for hydroxylation is 1. The lowest BCUT2D eigenvalue weighted by molar-refractivity contribution is -0.139. The van der Waals surface area contributed by atoms with Gasteiger partial charge in [-0.15, -0.1) is 0 Å². The number of amides is 2. The van der Waals surface area contributed by atoms with Crippen LogP contribution in [0.5, 0.6) is 0 Å². The minimum absolute atomic E-state index is 0.150. The van der Waals surface area contributed by atoms with E-state index >= 15 is 0 Å². The van der Waals surface area contributed by atoms with E-state index in [4.69, 9.17) is 11.6 Å². The third-order valence-electron chi connectivity index (χ3n) is 5.57. The van der Waals surface area contributed by atoms with E-state index in [0.717, 1.165) is 30.4 Å². The summed E-state index contributed by atoms with van der Waals surface area (Å²) in [6.45, 7) is 2.72. The number of carbonyl (C=O) groups excluding carboxylic acids is 2. The summed E-state index contributed by atoms with van der Waals surface area (Å²) >= 11 is 6.05. The first-order chi connectivity index (χ1) is 15.3. The summed E-state index contributed by atoms with van der Waals surface area (Å²) in [5.74, 6) is -1.50. The molecule has 0 bridgehead atoms. The zero-order valence-corrected chi connectivity index (χ0v) is 19.6. The number of rotatable bonds is 7. The predicted octanol–water partition coefficient (Wildman–Crippen LogP) is 3.01. The number of hydrogen-bond acceptors (Lipinski definition) is 4. The fraction of sp³-hybridized carbons (Fsp3) is 0.391. The second kappa shape index (κ2) is 10.9. The molecule has 7 nitrogen and oxygen atoms in total. The molecule has 0 spiro atoms. The van der Waals surface area contributed by atoms with E-state index in [0.29, 0.717) is 18.0 Å². The van der Waals surface area contributed by atoms with Crippen LogP contribution < -0.4 is 10.6 Å². The smallest absolute Gasteiger partial charge is 0.309 e. The highest BCUT2D eigenvalue weighted by Crippen LogP contribution is 2.27. The van der Waals surface area contributed by atoms with Crippen LogP contribution in [0.1, 0.15) is 36.8 Å². The Morgan fingerprint density at radius 2 is 1.72 bits per heavy atom. The molecule has 0 aromatic heterocycles. The van der Waals surface area contributed by atoms with Gasteiger partial charge >= 0.3 is 11.8 Å². The van der Waals surface area contributed by atoms with Crippen LogP contribution in [0, 0.1) is 6.92 Å². The number of hydrogen-bond donors (Lipinski definition) is 2. The maximum absolute atomic E-state index is 13.1. The van der Waals surface area contributed by atoms with Gasteiger partial charge in [-0.25, -0.2) is 8.42 Å². The molecule has 2 amide bonds. The molecule has 2 N–H and O–H groups in total. The van der Waals surface area contributed by atoms with Crippen molar-refractivity contribution in [3.05, 3.63) is 64.7 Å². The molecule has 1 aliphatic rings. The van der Waals surface area contributed by atoms with Crippen LogP contribution in [0.2, 0.25) is 5.02 Å². The largest absolute Gasteiger partial charge is 0.348 e. The van der Waals surface area contributed by atoms with Gasteiger partial charge in [0.2, 0.25) is 10.0 Å². The van der Waals surface area contributed by atoms with Gasteiger partial charge in [-0.3, -0.25) is 9.59 Å². The minimum Gasteiger partial charge on any atom is -0.348 e. The number of benzene rings is 2. The molecule has 1 heterocycles. The fourth-order valence-corrected chi connectivity index (χ4v) is 5.68. The molecule has 1 saturated heterocycles. The van der Waals surface area contributed by atoms with Crippen molar-refractivity contribution in [3.8, 4) is 0 Å². The number of piperidine rings is 1. The van der Waals surface area contributed by atoms with Crippen molar-refractivity contribution in [1.82, 2.24) is 14.9 Å². The second-order valence-corrected chi connectivity index (χ2v) is 10.2. The number of sulfonamides is 1. The van der Waals surface area contributed by atoms with Gasteiger partial charge in [0.05, 0.1) is 4.90 Å². The number of carbonyl (C=O) groups is 2. The predicted molar refractivity (Wildman–Crippen MR) is 124 cm³/mol. The molecule has 1 aliphatic heterocycles. The van der Waals surface area contributed by atoms with Gasteiger partial charge in [-0.05, 0) is 49.9 Å². The zero-order chi connectivity index (χ0) is 23.1. The topological polar surface area (TPSA) is 95.6 Å². The van der Waals surface area contributed by atoms with Gasteiger partial charge in [-0.2, -0.15) is 4.31 Å². The van der Waals surface area contributed by atoms with Crippen molar-refractivity contribution in [3.63, 3.8) is 0 Å². The Morgan fingerprint density at radius 1 is 1.03 bits per heavy atom. The van der Waals surface area contributed by atoms with Gasteiger partial charge in [0.15, 0.2) is 0 Å². The van der Waals surface area contributed by atoms with E-state index in [1.54, 1.807) is 48.5 Å². The summed E-state index contributed by atoms with van der Waals surface area (Å²) in [6.07, 6.45) is 2.89. The first-order valence-electron chi connectivity index (χ1n) is 10.7. The Morgan fingerprint density at radius 3 is 2.44 bits per heavy atom. The Bertz CT molecular complexity index is 1060. The van der Waals surface area contributed by atoms with Gasteiger partial charge in [-0.1, -0.05) is 53.9 Å². The van der Waals surface area contributed by atoms with Crippen molar-refractivity contribution >= 4 is 33.4 Å². The quantitative estimate of drug-likeness (QED) is 0.599. The maximum atomic E-state index is 13.1. The van der Waals surface area contributed by atoms with Crippen LogP contribution in [0.3, 0.4) is 0 Å². The number of halogens is 1. The van der Waals surface area contributed by atoms with E-state index < -0.39 is 21.8 Å². The first kappa shape index (κ1) is 24.2. The Hall–Kier alpha value is -2.42. The van der Waals surface area contributed by atoms with Crippen LogP contribution >= 0.6 is 11.6 Å². The first-order valence-corrected chi connectivity index (χ1v) is 12.5. The van der Waals surface area contributed by atoms with Crippen molar-refractivity contribution in [2.45, 2.75) is 50.1 Å². The third kappa shape index (κ3) is 6.09. The van der Waals surface area contributed by atoms with Gasteiger partial charge in [0.25, 0.3) is 0 Å². The lowest BCUT2D eigenvalue weighted by Crippen LogP contribution is -2.46. The molecule has 172 valence electrons. The highest BCUT2D eigenvalue weighted by atomic mass is 35.5. The molecule has 1 fully saturated rings. The van der Waals surface area contributed by atoms with E-state index in [1.807, 2.05) is 6.92 Å². The molecular weight excluding hydrogens is 450 g/mol. The summed E-state index contributed by atoms with van der Waals surface area (Å²) in [5.41, 5.74) is 1.71. The second-order valence-electron chi connectivity index (χ2n) is 7.90. The third-order valence-corrected chi connectivity index (χ3v) is 7.90. The lowest BCUT2D eigenvalue weighted by Gasteiger charge is -2.34. The van der Waals surface area contributed by atoms with E-state index in [9.17, 15) is 18.0 Å². The van der Waals surface area contributed by atoms with E-state index in [-0.39, 0.29) is 24.0 Å². The summed E-state index contributed by atoms with van der Waals surface area (Å²) in [4.78, 5) is 24.5. The molecule has 0 radical (unpaired) electrons.